The lowest BCUT2D eigenvalue weighted by Gasteiger charge is -2.05. The normalized spacial score (nSPS) is 9.42. The van der Waals surface area contributed by atoms with Crippen LogP contribution < -0.4 is 0 Å². The van der Waals surface area contributed by atoms with E-state index in [9.17, 15) is 0 Å². The minimum Gasteiger partial charge on any atom is -0.381 e. The first-order valence-corrected chi connectivity index (χ1v) is 3.74. The van der Waals surface area contributed by atoms with Gasteiger partial charge in [0.2, 0.25) is 0 Å². The van der Waals surface area contributed by atoms with Crippen molar-refractivity contribution in [3.05, 3.63) is 40.7 Å². The predicted octanol–water partition coefficient (Wildman–Crippen LogP) is 2.69. The van der Waals surface area contributed by atoms with Crippen molar-refractivity contribution in [2.75, 3.05) is 7.11 Å². The molecule has 0 amide bonds. The van der Waals surface area contributed by atoms with Gasteiger partial charge in [-0.05, 0) is 12.5 Å². The first-order chi connectivity index (χ1) is 5.79. The van der Waals surface area contributed by atoms with Crippen molar-refractivity contribution >= 4 is 5.69 Å². The summed E-state index contributed by atoms with van der Waals surface area (Å²) >= 11 is 0. The highest BCUT2D eigenvalue weighted by Gasteiger charge is 2.03. The molecule has 2 nitrogen and oxygen atoms in total. The van der Waals surface area contributed by atoms with Crippen molar-refractivity contribution in [2.45, 2.75) is 13.5 Å². The van der Waals surface area contributed by atoms with Gasteiger partial charge in [-0.15, -0.1) is 0 Å². The van der Waals surface area contributed by atoms with E-state index in [0.717, 1.165) is 11.1 Å². The molecule has 0 bridgehead atoms. The van der Waals surface area contributed by atoms with E-state index in [2.05, 4.69) is 4.85 Å². The molecule has 0 atom stereocenters. The summed E-state index contributed by atoms with van der Waals surface area (Å²) < 4.78 is 5.01. The Morgan fingerprint density at radius 2 is 2.25 bits per heavy atom. The van der Waals surface area contributed by atoms with Gasteiger partial charge in [0.25, 0.3) is 0 Å². The van der Waals surface area contributed by atoms with Crippen LogP contribution >= 0.6 is 0 Å². The average Bonchev–Trinajstić information content (AvgIpc) is 2.09. The second-order valence-electron chi connectivity index (χ2n) is 2.62. The Kier molecular flexibility index (Phi) is 2.84. The maximum Gasteiger partial charge on any atom is 0.192 e. The molecule has 0 aliphatic carbocycles. The average molecular weight is 161 g/mol. The minimum atomic E-state index is 0.518. The van der Waals surface area contributed by atoms with Gasteiger partial charge in [-0.25, -0.2) is 4.85 Å². The first kappa shape index (κ1) is 8.76. The minimum absolute atomic E-state index is 0.518. The maximum atomic E-state index is 6.93. The molecule has 0 spiro atoms. The zero-order valence-electron chi connectivity index (χ0n) is 7.29. The molecule has 0 aliphatic heterocycles. The van der Waals surface area contributed by atoms with Gasteiger partial charge < -0.3 is 4.74 Å². The Morgan fingerprint density at radius 3 is 2.83 bits per heavy atom. The highest BCUT2D eigenvalue weighted by molar-refractivity contribution is 5.54. The maximum absolute atomic E-state index is 6.93. The standard InChI is InChI=1S/C10H11NO/c1-8-5-4-6-10(11-2)9(8)7-12-3/h4-6H,7H2,1,3H3. The van der Waals surface area contributed by atoms with E-state index in [-0.39, 0.29) is 0 Å². The lowest BCUT2D eigenvalue weighted by atomic mass is 10.1. The summed E-state index contributed by atoms with van der Waals surface area (Å²) in [5.41, 5.74) is 2.80. The van der Waals surface area contributed by atoms with Crippen LogP contribution in [-0.2, 0) is 11.3 Å². The van der Waals surface area contributed by atoms with Crippen molar-refractivity contribution in [1.82, 2.24) is 0 Å². The number of ether oxygens (including phenoxy) is 1. The van der Waals surface area contributed by atoms with Crippen molar-refractivity contribution < 1.29 is 4.74 Å². The molecule has 0 radical (unpaired) electrons. The summed E-state index contributed by atoms with van der Waals surface area (Å²) in [5.74, 6) is 0. The molecule has 0 aliphatic rings. The summed E-state index contributed by atoms with van der Waals surface area (Å²) in [6.45, 7) is 9.44. The van der Waals surface area contributed by atoms with E-state index in [4.69, 9.17) is 11.3 Å². The monoisotopic (exact) mass is 161 g/mol. The molecule has 0 aromatic heterocycles. The molecular formula is C10H11NO. The fraction of sp³-hybridized carbons (Fsp3) is 0.300. The number of benzene rings is 1. The molecule has 0 saturated carbocycles. The molecule has 12 heavy (non-hydrogen) atoms. The van der Waals surface area contributed by atoms with Gasteiger partial charge in [0, 0.05) is 7.11 Å². The second-order valence-corrected chi connectivity index (χ2v) is 2.62. The van der Waals surface area contributed by atoms with Crippen LogP contribution in [0.25, 0.3) is 4.85 Å². The van der Waals surface area contributed by atoms with Crippen LogP contribution in [0.15, 0.2) is 18.2 Å². The van der Waals surface area contributed by atoms with Gasteiger partial charge in [0.05, 0.1) is 13.2 Å². The van der Waals surface area contributed by atoms with Crippen molar-refractivity contribution in [3.63, 3.8) is 0 Å². The highest BCUT2D eigenvalue weighted by Crippen LogP contribution is 2.22. The van der Waals surface area contributed by atoms with Crippen LogP contribution in [0, 0.1) is 13.5 Å². The molecular weight excluding hydrogens is 150 g/mol. The zero-order valence-corrected chi connectivity index (χ0v) is 7.29. The topological polar surface area (TPSA) is 13.6 Å². The summed E-state index contributed by atoms with van der Waals surface area (Å²) in [7, 11) is 1.64. The van der Waals surface area contributed by atoms with Crippen LogP contribution in [0.1, 0.15) is 11.1 Å². The third-order valence-corrected chi connectivity index (χ3v) is 1.79. The van der Waals surface area contributed by atoms with Crippen molar-refractivity contribution in [1.29, 1.82) is 0 Å². The quantitative estimate of drug-likeness (QED) is 0.608. The van der Waals surface area contributed by atoms with Gasteiger partial charge in [-0.1, -0.05) is 23.8 Å². The van der Waals surface area contributed by atoms with E-state index in [0.29, 0.717) is 12.3 Å². The Hall–Kier alpha value is -1.33. The Bertz CT molecular complexity index is 312. The van der Waals surface area contributed by atoms with Crippen molar-refractivity contribution in [2.24, 2.45) is 0 Å². The molecule has 2 heteroatoms. The van der Waals surface area contributed by atoms with Crippen LogP contribution in [0.4, 0.5) is 5.69 Å². The number of aryl methyl sites for hydroxylation is 1. The fourth-order valence-corrected chi connectivity index (χ4v) is 1.12. The molecule has 0 saturated heterocycles. The molecule has 0 heterocycles. The van der Waals surface area contributed by atoms with Gasteiger partial charge in [0.1, 0.15) is 0 Å². The van der Waals surface area contributed by atoms with E-state index >= 15 is 0 Å². The Morgan fingerprint density at radius 1 is 1.50 bits per heavy atom. The molecule has 0 fully saturated rings. The van der Waals surface area contributed by atoms with E-state index in [1.54, 1.807) is 7.11 Å². The molecule has 1 aromatic rings. The van der Waals surface area contributed by atoms with E-state index < -0.39 is 0 Å². The Labute approximate surface area is 72.6 Å². The largest absolute Gasteiger partial charge is 0.381 e. The summed E-state index contributed by atoms with van der Waals surface area (Å²) in [6, 6.07) is 5.69. The predicted molar refractivity (Wildman–Crippen MR) is 48.2 cm³/mol. The van der Waals surface area contributed by atoms with Gasteiger partial charge in [0.15, 0.2) is 5.69 Å². The first-order valence-electron chi connectivity index (χ1n) is 3.74. The summed E-state index contributed by atoms with van der Waals surface area (Å²) in [5, 5.41) is 0. The molecule has 0 unspecified atom stereocenters. The smallest absolute Gasteiger partial charge is 0.192 e. The number of rotatable bonds is 2. The second kappa shape index (κ2) is 3.89. The van der Waals surface area contributed by atoms with Crippen LogP contribution in [-0.4, -0.2) is 7.11 Å². The number of nitrogens with zero attached hydrogens (tertiary/aromatic N) is 1. The molecule has 1 aromatic carbocycles. The molecule has 62 valence electrons. The van der Waals surface area contributed by atoms with Crippen molar-refractivity contribution in [3.8, 4) is 0 Å². The number of hydrogen-bond acceptors (Lipinski definition) is 1. The molecule has 1 rings (SSSR count). The number of methoxy groups -OCH3 is 1. The van der Waals surface area contributed by atoms with Crippen LogP contribution in [0.5, 0.6) is 0 Å². The van der Waals surface area contributed by atoms with Crippen LogP contribution in [0.3, 0.4) is 0 Å². The van der Waals surface area contributed by atoms with Crippen LogP contribution in [0.2, 0.25) is 0 Å². The Balaban J connectivity index is 3.13. The van der Waals surface area contributed by atoms with E-state index in [1.807, 2.05) is 25.1 Å². The SMILES string of the molecule is [C-]#[N+]c1cccc(C)c1COC. The fourth-order valence-electron chi connectivity index (χ4n) is 1.12. The lowest BCUT2D eigenvalue weighted by molar-refractivity contribution is 0.185. The number of hydrogen-bond donors (Lipinski definition) is 0. The van der Waals surface area contributed by atoms with E-state index in [1.165, 1.54) is 0 Å². The van der Waals surface area contributed by atoms with Gasteiger partial charge in [-0.2, -0.15) is 0 Å². The highest BCUT2D eigenvalue weighted by atomic mass is 16.5. The third-order valence-electron chi connectivity index (χ3n) is 1.79. The van der Waals surface area contributed by atoms with Gasteiger partial charge in [-0.3, -0.25) is 0 Å². The zero-order chi connectivity index (χ0) is 8.97. The lowest BCUT2D eigenvalue weighted by Crippen LogP contribution is -1.91. The molecule has 0 N–H and O–H groups in total. The summed E-state index contributed by atoms with van der Waals surface area (Å²) in [4.78, 5) is 3.42. The van der Waals surface area contributed by atoms with Gasteiger partial charge >= 0.3 is 0 Å². The summed E-state index contributed by atoms with van der Waals surface area (Å²) in [6.07, 6.45) is 0. The third kappa shape index (κ3) is 1.63.